The monoisotopic (exact) mass is 306 g/mol. The molecule has 1 aromatic rings. The van der Waals surface area contributed by atoms with E-state index in [1.54, 1.807) is 7.11 Å². The molecule has 1 heterocycles. The van der Waals surface area contributed by atoms with Crippen molar-refractivity contribution in [2.45, 2.75) is 0 Å². The van der Waals surface area contributed by atoms with Gasteiger partial charge in [-0.1, -0.05) is 11.6 Å². The van der Waals surface area contributed by atoms with Gasteiger partial charge in [-0.05, 0) is 0 Å². The lowest BCUT2D eigenvalue weighted by Gasteiger charge is -2.10. The van der Waals surface area contributed by atoms with Crippen LogP contribution in [-0.2, 0) is 14.2 Å². The molecule has 0 aromatic carbocycles. The Labute approximate surface area is 123 Å². The van der Waals surface area contributed by atoms with Gasteiger partial charge in [-0.2, -0.15) is 4.98 Å². The number of hydrogen-bond donors (Lipinski definition) is 0. The minimum absolute atomic E-state index is 0.213. The Hall–Kier alpha value is -1.15. The second-order valence-corrected chi connectivity index (χ2v) is 3.93. The molecule has 20 heavy (non-hydrogen) atoms. The van der Waals surface area contributed by atoms with E-state index in [1.807, 2.05) is 0 Å². The predicted octanol–water partition coefficient (Wildman–Crippen LogP) is 1.20. The summed E-state index contributed by atoms with van der Waals surface area (Å²) in [6.07, 6.45) is 1.31. The smallest absolute Gasteiger partial charge is 0.261 e. The Morgan fingerprint density at radius 2 is 1.60 bits per heavy atom. The quantitative estimate of drug-likeness (QED) is 0.449. The number of nitrogens with zero attached hydrogens (tertiary/aromatic N) is 2. The van der Waals surface area contributed by atoms with Crippen LogP contribution in [0.4, 0.5) is 0 Å². The third kappa shape index (κ3) is 6.33. The number of halogens is 1. The fourth-order valence-electron chi connectivity index (χ4n) is 1.27. The van der Waals surface area contributed by atoms with Crippen molar-refractivity contribution in [1.29, 1.82) is 0 Å². The van der Waals surface area contributed by atoms with E-state index in [2.05, 4.69) is 9.97 Å². The predicted molar refractivity (Wildman–Crippen MR) is 72.6 cm³/mol. The summed E-state index contributed by atoms with van der Waals surface area (Å²) in [5.41, 5.74) is 0. The third-order valence-electron chi connectivity index (χ3n) is 2.20. The normalized spacial score (nSPS) is 10.6. The van der Waals surface area contributed by atoms with Crippen molar-refractivity contribution in [1.82, 2.24) is 9.97 Å². The van der Waals surface area contributed by atoms with Crippen LogP contribution < -0.4 is 9.47 Å². The summed E-state index contributed by atoms with van der Waals surface area (Å²) in [6, 6.07) is 0. The molecule has 0 aliphatic carbocycles. The molecule has 8 heteroatoms. The molecule has 0 atom stereocenters. The van der Waals surface area contributed by atoms with Gasteiger partial charge in [-0.15, -0.1) is 0 Å². The van der Waals surface area contributed by atoms with Crippen LogP contribution in [0.25, 0.3) is 0 Å². The topological polar surface area (TPSA) is 71.9 Å². The molecule has 0 fully saturated rings. The van der Waals surface area contributed by atoms with Crippen LogP contribution in [0, 0.1) is 0 Å². The van der Waals surface area contributed by atoms with E-state index >= 15 is 0 Å². The standard InChI is InChI=1S/C12H19ClN2O5/c1-16-3-4-18-5-6-19-7-8-20-12-10(17-2)11(13)14-9-15-12/h9H,3-8H2,1-2H3. The van der Waals surface area contributed by atoms with Crippen LogP contribution in [0.3, 0.4) is 0 Å². The average molecular weight is 307 g/mol. The maximum atomic E-state index is 5.84. The number of ether oxygens (including phenoxy) is 5. The summed E-state index contributed by atoms with van der Waals surface area (Å²) >= 11 is 5.84. The van der Waals surface area contributed by atoms with E-state index in [-0.39, 0.29) is 5.15 Å². The van der Waals surface area contributed by atoms with Crippen LogP contribution in [0.1, 0.15) is 0 Å². The molecule has 0 unspecified atom stereocenters. The van der Waals surface area contributed by atoms with Crippen molar-refractivity contribution in [3.63, 3.8) is 0 Å². The zero-order valence-corrected chi connectivity index (χ0v) is 12.4. The molecule has 0 saturated carbocycles. The molecule has 0 aliphatic heterocycles. The van der Waals surface area contributed by atoms with E-state index in [0.717, 1.165) is 0 Å². The van der Waals surface area contributed by atoms with Gasteiger partial charge in [-0.3, -0.25) is 0 Å². The highest BCUT2D eigenvalue weighted by molar-refractivity contribution is 6.31. The fourth-order valence-corrected chi connectivity index (χ4v) is 1.47. The molecular weight excluding hydrogens is 288 g/mol. The van der Waals surface area contributed by atoms with Crippen LogP contribution in [0.15, 0.2) is 6.33 Å². The fraction of sp³-hybridized carbons (Fsp3) is 0.667. The minimum atomic E-state index is 0.213. The average Bonchev–Trinajstić information content (AvgIpc) is 2.45. The van der Waals surface area contributed by atoms with Crippen LogP contribution in [0.2, 0.25) is 5.15 Å². The second-order valence-electron chi connectivity index (χ2n) is 3.57. The highest BCUT2D eigenvalue weighted by Crippen LogP contribution is 2.30. The van der Waals surface area contributed by atoms with Gasteiger partial charge < -0.3 is 23.7 Å². The Kier molecular flexibility index (Phi) is 8.97. The lowest BCUT2D eigenvalue weighted by atomic mass is 10.5. The van der Waals surface area contributed by atoms with E-state index < -0.39 is 0 Å². The molecule has 0 spiro atoms. The Balaban J connectivity index is 2.11. The van der Waals surface area contributed by atoms with Gasteiger partial charge in [0.05, 0.1) is 40.1 Å². The van der Waals surface area contributed by atoms with Crippen molar-refractivity contribution in [2.75, 3.05) is 53.9 Å². The van der Waals surface area contributed by atoms with Gasteiger partial charge in [0, 0.05) is 7.11 Å². The third-order valence-corrected chi connectivity index (χ3v) is 2.47. The molecule has 0 radical (unpaired) electrons. The molecule has 7 nitrogen and oxygen atoms in total. The zero-order chi connectivity index (χ0) is 14.6. The molecule has 1 aromatic heterocycles. The first-order chi connectivity index (χ1) is 9.79. The molecular formula is C12H19ClN2O5. The SMILES string of the molecule is COCCOCCOCCOc1ncnc(Cl)c1OC. The zero-order valence-electron chi connectivity index (χ0n) is 11.6. The first-order valence-electron chi connectivity index (χ1n) is 6.11. The molecule has 0 bridgehead atoms. The van der Waals surface area contributed by atoms with Gasteiger partial charge in [0.2, 0.25) is 5.75 Å². The van der Waals surface area contributed by atoms with Crippen LogP contribution in [-0.4, -0.2) is 63.8 Å². The summed E-state index contributed by atoms with van der Waals surface area (Å²) in [5.74, 6) is 0.615. The highest BCUT2D eigenvalue weighted by Gasteiger charge is 2.11. The second kappa shape index (κ2) is 10.6. The van der Waals surface area contributed by atoms with Gasteiger partial charge in [0.25, 0.3) is 5.88 Å². The number of aromatic nitrogens is 2. The molecule has 0 saturated heterocycles. The van der Waals surface area contributed by atoms with Gasteiger partial charge in [0.15, 0.2) is 5.15 Å². The summed E-state index contributed by atoms with van der Waals surface area (Å²) in [6.45, 7) is 2.91. The largest absolute Gasteiger partial charge is 0.489 e. The van der Waals surface area contributed by atoms with E-state index in [0.29, 0.717) is 51.3 Å². The Bertz CT molecular complexity index is 381. The molecule has 1 rings (SSSR count). The van der Waals surface area contributed by atoms with Gasteiger partial charge in [0.1, 0.15) is 12.9 Å². The number of hydrogen-bond acceptors (Lipinski definition) is 7. The Morgan fingerprint density at radius 1 is 0.950 bits per heavy atom. The first-order valence-corrected chi connectivity index (χ1v) is 6.49. The van der Waals surface area contributed by atoms with Gasteiger partial charge in [-0.25, -0.2) is 4.98 Å². The lowest BCUT2D eigenvalue weighted by Crippen LogP contribution is -2.13. The van der Waals surface area contributed by atoms with Gasteiger partial charge >= 0.3 is 0 Å². The lowest BCUT2D eigenvalue weighted by molar-refractivity contribution is 0.0174. The van der Waals surface area contributed by atoms with Crippen molar-refractivity contribution >= 4 is 11.6 Å². The van der Waals surface area contributed by atoms with Crippen molar-refractivity contribution in [2.24, 2.45) is 0 Å². The summed E-state index contributed by atoms with van der Waals surface area (Å²) in [5, 5.41) is 0.213. The molecule has 0 aliphatic rings. The molecule has 0 N–H and O–H groups in total. The van der Waals surface area contributed by atoms with E-state index in [9.17, 15) is 0 Å². The summed E-state index contributed by atoms with van der Waals surface area (Å²) in [7, 11) is 3.11. The van der Waals surface area contributed by atoms with Crippen molar-refractivity contribution in [3.05, 3.63) is 11.5 Å². The first kappa shape index (κ1) is 16.9. The summed E-state index contributed by atoms with van der Waals surface area (Å²) in [4.78, 5) is 7.74. The number of rotatable bonds is 11. The molecule has 0 amide bonds. The maximum Gasteiger partial charge on any atom is 0.261 e. The number of methoxy groups -OCH3 is 2. The van der Waals surface area contributed by atoms with Crippen molar-refractivity contribution < 1.29 is 23.7 Å². The summed E-state index contributed by atoms with van der Waals surface area (Å²) < 4.78 is 25.9. The Morgan fingerprint density at radius 3 is 2.25 bits per heavy atom. The molecule has 114 valence electrons. The highest BCUT2D eigenvalue weighted by atomic mass is 35.5. The van der Waals surface area contributed by atoms with Crippen LogP contribution >= 0.6 is 11.6 Å². The van der Waals surface area contributed by atoms with Crippen molar-refractivity contribution in [3.8, 4) is 11.6 Å². The maximum absolute atomic E-state index is 5.84. The van der Waals surface area contributed by atoms with Crippen LogP contribution in [0.5, 0.6) is 11.6 Å². The minimum Gasteiger partial charge on any atom is -0.489 e. The van der Waals surface area contributed by atoms with E-state index in [1.165, 1.54) is 13.4 Å². The van der Waals surface area contributed by atoms with E-state index in [4.69, 9.17) is 35.3 Å².